The molecule has 1 N–H and O–H groups in total. The normalized spacial score (nSPS) is 15.8. The minimum atomic E-state index is 0.358. The van der Waals surface area contributed by atoms with E-state index >= 15 is 0 Å². The van der Waals surface area contributed by atoms with Crippen molar-refractivity contribution in [3.8, 4) is 0 Å². The number of benzene rings is 2. The highest BCUT2D eigenvalue weighted by molar-refractivity contribution is 6.30. The molecule has 0 spiro atoms. The molecule has 0 fully saturated rings. The summed E-state index contributed by atoms with van der Waals surface area (Å²) in [6.45, 7) is 3.02. The van der Waals surface area contributed by atoms with Crippen molar-refractivity contribution in [3.63, 3.8) is 0 Å². The zero-order chi connectivity index (χ0) is 17.9. The van der Waals surface area contributed by atoms with Crippen LogP contribution in [-0.2, 0) is 12.8 Å². The van der Waals surface area contributed by atoms with Crippen molar-refractivity contribution in [2.75, 3.05) is 16.8 Å². The van der Waals surface area contributed by atoms with E-state index in [4.69, 9.17) is 16.6 Å². The third kappa shape index (κ3) is 3.51. The second-order valence-corrected chi connectivity index (χ2v) is 7.03. The number of hydrogen-bond donors (Lipinski definition) is 1. The van der Waals surface area contributed by atoms with Crippen LogP contribution in [0, 0.1) is 0 Å². The van der Waals surface area contributed by atoms with E-state index in [1.807, 2.05) is 24.4 Å². The Kier molecular flexibility index (Phi) is 4.76. The van der Waals surface area contributed by atoms with Gasteiger partial charge in [0.15, 0.2) is 0 Å². The predicted octanol–water partition coefficient (Wildman–Crippen LogP) is 4.87. The molecule has 4 nitrogen and oxygen atoms in total. The van der Waals surface area contributed by atoms with Crippen molar-refractivity contribution >= 4 is 29.1 Å². The summed E-state index contributed by atoms with van der Waals surface area (Å²) in [5, 5.41) is 4.17. The van der Waals surface area contributed by atoms with E-state index in [-0.39, 0.29) is 0 Å². The second-order valence-electron chi connectivity index (χ2n) is 6.60. The van der Waals surface area contributed by atoms with Gasteiger partial charge in [0.2, 0.25) is 5.95 Å². The predicted molar refractivity (Wildman–Crippen MR) is 107 cm³/mol. The lowest BCUT2D eigenvalue weighted by molar-refractivity contribution is 0.740. The summed E-state index contributed by atoms with van der Waals surface area (Å²) >= 11 is 5.93. The minimum Gasteiger partial charge on any atom is -0.370 e. The molecule has 1 aliphatic rings. The highest BCUT2D eigenvalue weighted by Crippen LogP contribution is 2.36. The molecule has 26 heavy (non-hydrogen) atoms. The largest absolute Gasteiger partial charge is 0.370 e. The summed E-state index contributed by atoms with van der Waals surface area (Å²) in [6.07, 6.45) is 3.76. The van der Waals surface area contributed by atoms with Crippen LogP contribution in [0.3, 0.4) is 0 Å². The first-order valence-electron chi connectivity index (χ1n) is 8.89. The van der Waals surface area contributed by atoms with Crippen LogP contribution in [0.2, 0.25) is 5.02 Å². The maximum atomic E-state index is 5.93. The summed E-state index contributed by atoms with van der Waals surface area (Å²) in [5.41, 5.74) is 3.81. The van der Waals surface area contributed by atoms with Crippen molar-refractivity contribution in [2.24, 2.45) is 0 Å². The highest BCUT2D eigenvalue weighted by Gasteiger charge is 2.28. The van der Waals surface area contributed by atoms with Crippen LogP contribution in [0.5, 0.6) is 0 Å². The quantitative estimate of drug-likeness (QED) is 0.701. The number of fused-ring (bicyclic) bond motifs is 1. The smallest absolute Gasteiger partial charge is 0.232 e. The Hall–Kier alpha value is -2.59. The van der Waals surface area contributed by atoms with E-state index in [1.54, 1.807) is 0 Å². The Labute approximate surface area is 158 Å². The van der Waals surface area contributed by atoms with Gasteiger partial charge in [-0.25, -0.2) is 4.98 Å². The van der Waals surface area contributed by atoms with Crippen LogP contribution in [0.4, 0.5) is 17.5 Å². The fourth-order valence-corrected chi connectivity index (χ4v) is 3.55. The Balaban J connectivity index is 1.46. The van der Waals surface area contributed by atoms with Gasteiger partial charge in [-0.2, -0.15) is 4.98 Å². The molecule has 4 rings (SSSR count). The summed E-state index contributed by atoms with van der Waals surface area (Å²) in [6, 6.07) is 18.7. The van der Waals surface area contributed by atoms with Gasteiger partial charge in [-0.15, -0.1) is 0 Å². The van der Waals surface area contributed by atoms with Gasteiger partial charge >= 0.3 is 0 Å². The third-order valence-corrected chi connectivity index (χ3v) is 4.95. The molecule has 1 atom stereocenters. The maximum Gasteiger partial charge on any atom is 0.232 e. The Morgan fingerprint density at radius 2 is 1.92 bits per heavy atom. The molecular formula is C21H21ClN4. The van der Waals surface area contributed by atoms with Crippen molar-refractivity contribution in [1.29, 1.82) is 0 Å². The number of aromatic nitrogens is 2. The molecule has 1 aromatic heterocycles. The van der Waals surface area contributed by atoms with E-state index in [1.165, 1.54) is 16.8 Å². The fourth-order valence-electron chi connectivity index (χ4n) is 3.42. The molecule has 5 heteroatoms. The number of rotatable bonds is 5. The van der Waals surface area contributed by atoms with Crippen LogP contribution in [0.25, 0.3) is 0 Å². The molecule has 1 unspecified atom stereocenters. The standard InChI is InChI=1S/C21H21ClN4/c1-15-14-17-4-2-3-5-19(17)26(15)21-24-13-11-20(25-21)23-12-10-16-6-8-18(22)9-7-16/h2-9,11,13,15H,10,12,14H2,1H3,(H,23,24,25). The molecule has 0 saturated carbocycles. The number of anilines is 3. The first-order chi connectivity index (χ1) is 12.7. The Morgan fingerprint density at radius 3 is 2.77 bits per heavy atom. The molecule has 0 amide bonds. The number of para-hydroxylation sites is 1. The Bertz CT molecular complexity index is 895. The van der Waals surface area contributed by atoms with Crippen LogP contribution in [0.1, 0.15) is 18.1 Å². The maximum absolute atomic E-state index is 5.93. The lowest BCUT2D eigenvalue weighted by Crippen LogP contribution is -2.26. The minimum absolute atomic E-state index is 0.358. The highest BCUT2D eigenvalue weighted by atomic mass is 35.5. The number of halogens is 1. The van der Waals surface area contributed by atoms with Gasteiger partial charge in [0.25, 0.3) is 0 Å². The topological polar surface area (TPSA) is 41.1 Å². The van der Waals surface area contributed by atoms with Crippen LogP contribution in [-0.4, -0.2) is 22.6 Å². The van der Waals surface area contributed by atoms with Crippen molar-refractivity contribution in [3.05, 3.63) is 76.9 Å². The zero-order valence-corrected chi connectivity index (χ0v) is 15.4. The van der Waals surface area contributed by atoms with E-state index in [0.717, 1.165) is 36.2 Å². The zero-order valence-electron chi connectivity index (χ0n) is 14.7. The second kappa shape index (κ2) is 7.34. The molecule has 0 saturated heterocycles. The Morgan fingerprint density at radius 1 is 1.12 bits per heavy atom. The van der Waals surface area contributed by atoms with Crippen LogP contribution in [0.15, 0.2) is 60.8 Å². The third-order valence-electron chi connectivity index (χ3n) is 4.70. The van der Waals surface area contributed by atoms with Gasteiger partial charge in [-0.1, -0.05) is 41.9 Å². The first-order valence-corrected chi connectivity index (χ1v) is 9.27. The summed E-state index contributed by atoms with van der Waals surface area (Å²) in [5.74, 6) is 1.60. The SMILES string of the molecule is CC1Cc2ccccc2N1c1nccc(NCCc2ccc(Cl)cc2)n1. The number of hydrogen-bond acceptors (Lipinski definition) is 4. The van der Waals surface area contributed by atoms with Gasteiger partial charge in [-0.05, 0) is 55.2 Å². The molecule has 0 radical (unpaired) electrons. The lowest BCUT2D eigenvalue weighted by atomic mass is 10.1. The van der Waals surface area contributed by atoms with E-state index in [0.29, 0.717) is 6.04 Å². The molecule has 132 valence electrons. The van der Waals surface area contributed by atoms with E-state index < -0.39 is 0 Å². The summed E-state index contributed by atoms with van der Waals surface area (Å²) in [7, 11) is 0. The van der Waals surface area contributed by atoms with E-state index in [9.17, 15) is 0 Å². The fraction of sp³-hybridized carbons (Fsp3) is 0.238. The van der Waals surface area contributed by atoms with Gasteiger partial charge in [0.05, 0.1) is 0 Å². The van der Waals surface area contributed by atoms with Gasteiger partial charge in [0.1, 0.15) is 5.82 Å². The van der Waals surface area contributed by atoms with Gasteiger partial charge < -0.3 is 10.2 Å². The molecule has 3 aromatic rings. The number of nitrogens with one attached hydrogen (secondary N) is 1. The molecule has 2 aromatic carbocycles. The monoisotopic (exact) mass is 364 g/mol. The summed E-state index contributed by atoms with van der Waals surface area (Å²) in [4.78, 5) is 11.5. The molecule has 0 bridgehead atoms. The van der Waals surface area contributed by atoms with Gasteiger partial charge in [0, 0.05) is 29.5 Å². The summed E-state index contributed by atoms with van der Waals surface area (Å²) < 4.78 is 0. The molecule has 1 aliphatic heterocycles. The lowest BCUT2D eigenvalue weighted by Gasteiger charge is -2.23. The molecular weight excluding hydrogens is 344 g/mol. The van der Waals surface area contributed by atoms with Crippen molar-refractivity contribution in [2.45, 2.75) is 25.8 Å². The average Bonchev–Trinajstić information content (AvgIpc) is 2.99. The van der Waals surface area contributed by atoms with Crippen LogP contribution >= 0.6 is 11.6 Å². The molecule has 0 aliphatic carbocycles. The first kappa shape index (κ1) is 16.9. The van der Waals surface area contributed by atoms with E-state index in [2.05, 4.69) is 58.5 Å². The average molecular weight is 365 g/mol. The van der Waals surface area contributed by atoms with Crippen molar-refractivity contribution < 1.29 is 0 Å². The van der Waals surface area contributed by atoms with Crippen molar-refractivity contribution in [1.82, 2.24) is 9.97 Å². The van der Waals surface area contributed by atoms with Gasteiger partial charge in [-0.3, -0.25) is 0 Å². The van der Waals surface area contributed by atoms with Crippen LogP contribution < -0.4 is 10.2 Å². The number of nitrogens with zero attached hydrogens (tertiary/aromatic N) is 3. The molecule has 2 heterocycles.